The first-order valence-corrected chi connectivity index (χ1v) is 8.75. The summed E-state index contributed by atoms with van der Waals surface area (Å²) in [6.07, 6.45) is 3.71. The fraction of sp³-hybridized carbons (Fsp3) is 0.286. The van der Waals surface area contributed by atoms with Gasteiger partial charge in [0.25, 0.3) is 0 Å². The lowest BCUT2D eigenvalue weighted by atomic mass is 10.0. The molecule has 1 atom stereocenters. The van der Waals surface area contributed by atoms with E-state index in [1.165, 1.54) is 16.7 Å². The largest absolute Gasteiger partial charge is 0.355 e. The van der Waals surface area contributed by atoms with Crippen molar-refractivity contribution in [1.29, 1.82) is 0 Å². The molecular weight excluding hydrogens is 310 g/mol. The number of rotatable bonds is 7. The van der Waals surface area contributed by atoms with Gasteiger partial charge >= 0.3 is 0 Å². The lowest BCUT2D eigenvalue weighted by Gasteiger charge is -2.13. The van der Waals surface area contributed by atoms with Crippen LogP contribution in [0.25, 0.3) is 22.4 Å². The first-order chi connectivity index (χ1) is 12.2. The van der Waals surface area contributed by atoms with E-state index in [9.17, 15) is 0 Å². The van der Waals surface area contributed by atoms with Crippen LogP contribution in [0.3, 0.4) is 0 Å². The molecule has 0 aliphatic carbocycles. The van der Waals surface area contributed by atoms with E-state index >= 15 is 0 Å². The summed E-state index contributed by atoms with van der Waals surface area (Å²) in [7, 11) is 0. The molecule has 0 saturated heterocycles. The first kappa shape index (κ1) is 17.4. The van der Waals surface area contributed by atoms with Gasteiger partial charge in [0.2, 0.25) is 0 Å². The highest BCUT2D eigenvalue weighted by Crippen LogP contribution is 2.26. The van der Waals surface area contributed by atoms with E-state index in [1.807, 2.05) is 6.20 Å². The minimum absolute atomic E-state index is 0.0735. The number of nitrogens with one attached hydrogen (secondary N) is 1. The number of H-pyrrole nitrogens is 1. The molecule has 3 N–H and O–H groups in total. The maximum absolute atomic E-state index is 5.59. The molecule has 130 valence electrons. The molecule has 4 heteroatoms. The first-order valence-electron chi connectivity index (χ1n) is 8.75. The van der Waals surface area contributed by atoms with Gasteiger partial charge in [-0.15, -0.1) is 0 Å². The third kappa shape index (κ3) is 4.16. The van der Waals surface area contributed by atoms with Crippen molar-refractivity contribution in [1.82, 2.24) is 9.97 Å². The lowest BCUT2D eigenvalue weighted by Crippen LogP contribution is -2.12. The molecule has 3 rings (SSSR count). The van der Waals surface area contributed by atoms with Crippen LogP contribution in [0.1, 0.15) is 37.3 Å². The summed E-state index contributed by atoms with van der Waals surface area (Å²) in [6.45, 7) is 4.43. The number of aromatic nitrogens is 2. The number of aryl methyl sites for hydroxylation is 1. The summed E-state index contributed by atoms with van der Waals surface area (Å²) in [4.78, 5) is 7.86. The van der Waals surface area contributed by atoms with Crippen molar-refractivity contribution in [2.45, 2.75) is 32.8 Å². The SMILES string of the molecule is CCCC(OCN)c1ncc(-c2ccc(-c3ccc(C)cc3)cc2)[nH]1. The van der Waals surface area contributed by atoms with Crippen LogP contribution < -0.4 is 5.73 Å². The molecule has 0 saturated carbocycles. The number of aromatic amines is 1. The van der Waals surface area contributed by atoms with Crippen molar-refractivity contribution in [3.8, 4) is 22.4 Å². The molecule has 0 bridgehead atoms. The quantitative estimate of drug-likeness (QED) is 0.608. The van der Waals surface area contributed by atoms with E-state index in [-0.39, 0.29) is 12.8 Å². The highest BCUT2D eigenvalue weighted by atomic mass is 16.5. The Hall–Kier alpha value is -2.43. The molecular formula is C21H25N3O. The van der Waals surface area contributed by atoms with Gasteiger partial charge in [-0.1, -0.05) is 67.4 Å². The molecule has 0 aliphatic rings. The Morgan fingerprint density at radius 2 is 1.60 bits per heavy atom. The normalized spacial score (nSPS) is 12.3. The second-order valence-electron chi connectivity index (χ2n) is 6.24. The fourth-order valence-electron chi connectivity index (χ4n) is 2.91. The van der Waals surface area contributed by atoms with Gasteiger partial charge in [-0.05, 0) is 30.0 Å². The van der Waals surface area contributed by atoms with Gasteiger partial charge in [-0.3, -0.25) is 0 Å². The van der Waals surface area contributed by atoms with E-state index < -0.39 is 0 Å². The van der Waals surface area contributed by atoms with Crippen LogP contribution in [0.2, 0.25) is 0 Å². The zero-order valence-corrected chi connectivity index (χ0v) is 14.8. The zero-order valence-electron chi connectivity index (χ0n) is 14.8. The van der Waals surface area contributed by atoms with Gasteiger partial charge in [0, 0.05) is 0 Å². The molecule has 2 aromatic carbocycles. The maximum atomic E-state index is 5.59. The van der Waals surface area contributed by atoms with Crippen molar-refractivity contribution in [3.05, 3.63) is 66.1 Å². The summed E-state index contributed by atoms with van der Waals surface area (Å²) >= 11 is 0. The number of hydrogen-bond donors (Lipinski definition) is 2. The smallest absolute Gasteiger partial charge is 0.135 e. The van der Waals surface area contributed by atoms with Crippen molar-refractivity contribution in [2.75, 3.05) is 6.73 Å². The Morgan fingerprint density at radius 3 is 2.20 bits per heavy atom. The third-order valence-electron chi connectivity index (χ3n) is 4.33. The molecule has 1 unspecified atom stereocenters. The molecule has 1 heterocycles. The van der Waals surface area contributed by atoms with Gasteiger partial charge in [0.15, 0.2) is 0 Å². The Bertz CT molecular complexity index is 785. The van der Waals surface area contributed by atoms with Crippen LogP contribution >= 0.6 is 0 Å². The molecule has 1 aromatic heterocycles. The fourth-order valence-corrected chi connectivity index (χ4v) is 2.91. The predicted octanol–water partition coefficient (Wildman–Crippen LogP) is 4.83. The van der Waals surface area contributed by atoms with Gasteiger partial charge < -0.3 is 15.5 Å². The molecule has 3 aromatic rings. The number of nitrogens with zero attached hydrogens (tertiary/aromatic N) is 1. The van der Waals surface area contributed by atoms with Gasteiger partial charge in [0.1, 0.15) is 11.9 Å². The molecule has 0 spiro atoms. The molecule has 0 aliphatic heterocycles. The number of benzene rings is 2. The van der Waals surface area contributed by atoms with Crippen molar-refractivity contribution in [3.63, 3.8) is 0 Å². The number of ether oxygens (including phenoxy) is 1. The van der Waals surface area contributed by atoms with Crippen LogP contribution in [0.5, 0.6) is 0 Å². The van der Waals surface area contributed by atoms with E-state index in [1.54, 1.807) is 0 Å². The summed E-state index contributed by atoms with van der Waals surface area (Å²) in [5, 5.41) is 0. The summed E-state index contributed by atoms with van der Waals surface area (Å²) in [5.41, 5.74) is 11.3. The Morgan fingerprint density at radius 1 is 1.00 bits per heavy atom. The molecule has 25 heavy (non-hydrogen) atoms. The third-order valence-corrected chi connectivity index (χ3v) is 4.33. The highest BCUT2D eigenvalue weighted by molar-refractivity contribution is 5.68. The minimum atomic E-state index is -0.0735. The number of nitrogens with two attached hydrogens (primary N) is 1. The molecule has 0 amide bonds. The van der Waals surface area contributed by atoms with Crippen LogP contribution in [-0.2, 0) is 4.74 Å². The Kier molecular flexibility index (Phi) is 5.64. The summed E-state index contributed by atoms with van der Waals surface area (Å²) in [5.74, 6) is 0.838. The summed E-state index contributed by atoms with van der Waals surface area (Å²) < 4.78 is 5.59. The van der Waals surface area contributed by atoms with Gasteiger partial charge in [-0.25, -0.2) is 4.98 Å². The second kappa shape index (κ2) is 8.10. The molecule has 4 nitrogen and oxygen atoms in total. The van der Waals surface area contributed by atoms with E-state index in [0.29, 0.717) is 0 Å². The van der Waals surface area contributed by atoms with Crippen LogP contribution in [0.4, 0.5) is 0 Å². The predicted molar refractivity (Wildman–Crippen MR) is 102 cm³/mol. The lowest BCUT2D eigenvalue weighted by molar-refractivity contribution is 0.0452. The van der Waals surface area contributed by atoms with Crippen molar-refractivity contribution in [2.24, 2.45) is 5.73 Å². The number of imidazole rings is 1. The highest BCUT2D eigenvalue weighted by Gasteiger charge is 2.15. The van der Waals surface area contributed by atoms with E-state index in [4.69, 9.17) is 10.5 Å². The summed E-state index contributed by atoms with van der Waals surface area (Å²) in [6, 6.07) is 17.1. The maximum Gasteiger partial charge on any atom is 0.135 e. The Labute approximate surface area is 149 Å². The average molecular weight is 335 g/mol. The van der Waals surface area contributed by atoms with Crippen molar-refractivity contribution < 1.29 is 4.74 Å². The van der Waals surface area contributed by atoms with Crippen LogP contribution in [-0.4, -0.2) is 16.7 Å². The Balaban J connectivity index is 1.79. The number of hydrogen-bond acceptors (Lipinski definition) is 3. The molecule has 0 fully saturated rings. The van der Waals surface area contributed by atoms with Crippen LogP contribution in [0, 0.1) is 6.92 Å². The second-order valence-corrected chi connectivity index (χ2v) is 6.24. The topological polar surface area (TPSA) is 63.9 Å². The van der Waals surface area contributed by atoms with E-state index in [2.05, 4.69) is 72.3 Å². The van der Waals surface area contributed by atoms with Gasteiger partial charge in [0.05, 0.1) is 18.6 Å². The van der Waals surface area contributed by atoms with Crippen molar-refractivity contribution >= 4 is 0 Å². The molecule has 0 radical (unpaired) electrons. The van der Waals surface area contributed by atoms with E-state index in [0.717, 1.165) is 29.9 Å². The zero-order chi connectivity index (χ0) is 17.6. The standard InChI is InChI=1S/C21H25N3O/c1-3-4-20(25-14-22)21-23-13-19(24-21)18-11-9-17(10-12-18)16-7-5-15(2)6-8-16/h5-13,20H,3-4,14,22H2,1-2H3,(H,23,24). The minimum Gasteiger partial charge on any atom is -0.355 e. The monoisotopic (exact) mass is 335 g/mol. The van der Waals surface area contributed by atoms with Crippen LogP contribution in [0.15, 0.2) is 54.7 Å². The van der Waals surface area contributed by atoms with Gasteiger partial charge in [-0.2, -0.15) is 0 Å². The average Bonchev–Trinajstić information content (AvgIpc) is 3.12.